The largest absolute Gasteiger partial charge is 0.402 e. The van der Waals surface area contributed by atoms with Crippen molar-refractivity contribution in [2.45, 2.75) is 31.8 Å². The number of halogens is 3. The maximum absolute atomic E-state index is 12.6. The van der Waals surface area contributed by atoms with Gasteiger partial charge in [0.15, 0.2) is 0 Å². The average molecular weight is 309 g/mol. The van der Waals surface area contributed by atoms with Crippen molar-refractivity contribution in [1.29, 1.82) is 0 Å². The molecule has 0 fully saturated rings. The molecule has 114 valence electrons. The molecule has 0 amide bonds. The summed E-state index contributed by atoms with van der Waals surface area (Å²) in [6.07, 6.45) is -4.56. The van der Waals surface area contributed by atoms with E-state index in [0.717, 1.165) is 0 Å². The Morgan fingerprint density at radius 3 is 2.20 bits per heavy atom. The summed E-state index contributed by atoms with van der Waals surface area (Å²) in [7, 11) is -4.15. The van der Waals surface area contributed by atoms with Crippen LogP contribution in [0, 0.1) is 12.8 Å². The molecule has 20 heavy (non-hydrogen) atoms. The number of nitrogens with zero attached hydrogens (tertiary/aromatic N) is 1. The Kier molecular flexibility index (Phi) is 5.21. The summed E-state index contributed by atoms with van der Waals surface area (Å²) in [5, 5.41) is 0. The van der Waals surface area contributed by atoms with Gasteiger partial charge < -0.3 is 0 Å². The minimum atomic E-state index is -4.56. The molecule has 0 bridgehead atoms. The number of alkyl halides is 3. The van der Waals surface area contributed by atoms with Gasteiger partial charge in [0.25, 0.3) is 0 Å². The van der Waals surface area contributed by atoms with E-state index in [0.29, 0.717) is 9.87 Å². The monoisotopic (exact) mass is 309 g/mol. The fourth-order valence-electron chi connectivity index (χ4n) is 1.84. The van der Waals surface area contributed by atoms with Gasteiger partial charge in [-0.3, -0.25) is 0 Å². The van der Waals surface area contributed by atoms with Gasteiger partial charge in [0.2, 0.25) is 10.0 Å². The number of benzene rings is 1. The number of aryl methyl sites for hydroxylation is 1. The Balaban J connectivity index is 3.21. The van der Waals surface area contributed by atoms with Crippen LogP contribution in [0.5, 0.6) is 0 Å². The third-order valence-corrected chi connectivity index (χ3v) is 4.61. The maximum atomic E-state index is 12.6. The molecule has 0 radical (unpaired) electrons. The number of hydrogen-bond acceptors (Lipinski definition) is 2. The molecule has 3 nitrogen and oxygen atoms in total. The lowest BCUT2D eigenvalue weighted by Gasteiger charge is -2.25. The lowest BCUT2D eigenvalue weighted by atomic mass is 10.2. The lowest BCUT2D eigenvalue weighted by Crippen LogP contribution is -2.41. The second-order valence-corrected chi connectivity index (χ2v) is 6.98. The minimum Gasteiger partial charge on any atom is -0.207 e. The molecule has 0 unspecified atom stereocenters. The van der Waals surface area contributed by atoms with Crippen molar-refractivity contribution < 1.29 is 21.6 Å². The SMILES string of the molecule is Cc1ccccc1S(=O)(=O)N(CC(C)C)CC(F)(F)F. The fraction of sp³-hybridized carbons (Fsp3) is 0.538. The van der Waals surface area contributed by atoms with Gasteiger partial charge >= 0.3 is 6.18 Å². The van der Waals surface area contributed by atoms with Gasteiger partial charge in [-0.1, -0.05) is 32.0 Å². The molecule has 0 heterocycles. The normalized spacial score (nSPS) is 13.2. The van der Waals surface area contributed by atoms with Crippen LogP contribution >= 0.6 is 0 Å². The van der Waals surface area contributed by atoms with E-state index >= 15 is 0 Å². The van der Waals surface area contributed by atoms with E-state index in [2.05, 4.69) is 0 Å². The first-order valence-corrected chi connectivity index (χ1v) is 7.60. The Morgan fingerprint density at radius 2 is 1.75 bits per heavy atom. The van der Waals surface area contributed by atoms with Crippen LogP contribution in [0.4, 0.5) is 13.2 Å². The van der Waals surface area contributed by atoms with Crippen molar-refractivity contribution in [2.24, 2.45) is 5.92 Å². The predicted octanol–water partition coefficient (Wildman–Crippen LogP) is 3.20. The van der Waals surface area contributed by atoms with E-state index in [9.17, 15) is 21.6 Å². The molecule has 0 aliphatic rings. The van der Waals surface area contributed by atoms with Crippen LogP contribution < -0.4 is 0 Å². The number of hydrogen-bond donors (Lipinski definition) is 0. The molecule has 1 aromatic rings. The summed E-state index contributed by atoms with van der Waals surface area (Å²) in [6, 6.07) is 6.04. The predicted molar refractivity (Wildman–Crippen MR) is 70.8 cm³/mol. The minimum absolute atomic E-state index is 0.0788. The van der Waals surface area contributed by atoms with E-state index in [-0.39, 0.29) is 17.4 Å². The Morgan fingerprint density at radius 1 is 1.20 bits per heavy atom. The second-order valence-electron chi connectivity index (χ2n) is 5.07. The van der Waals surface area contributed by atoms with Crippen molar-refractivity contribution >= 4 is 10.0 Å². The van der Waals surface area contributed by atoms with E-state index in [1.807, 2.05) is 0 Å². The molecule has 0 aliphatic carbocycles. The zero-order valence-electron chi connectivity index (χ0n) is 11.6. The van der Waals surface area contributed by atoms with Crippen molar-refractivity contribution in [1.82, 2.24) is 4.31 Å². The van der Waals surface area contributed by atoms with Crippen LogP contribution in [0.15, 0.2) is 29.2 Å². The molecule has 0 atom stereocenters. The number of rotatable bonds is 5. The van der Waals surface area contributed by atoms with Crippen molar-refractivity contribution in [3.05, 3.63) is 29.8 Å². The third-order valence-electron chi connectivity index (χ3n) is 2.64. The van der Waals surface area contributed by atoms with Crippen LogP contribution in [-0.4, -0.2) is 32.0 Å². The van der Waals surface area contributed by atoms with E-state index in [4.69, 9.17) is 0 Å². The molecule has 0 aromatic heterocycles. The first kappa shape index (κ1) is 17.0. The van der Waals surface area contributed by atoms with Crippen LogP contribution in [0.25, 0.3) is 0 Å². The van der Waals surface area contributed by atoms with Gasteiger partial charge in [-0.05, 0) is 24.5 Å². The van der Waals surface area contributed by atoms with Gasteiger partial charge in [-0.2, -0.15) is 17.5 Å². The highest BCUT2D eigenvalue weighted by Crippen LogP contribution is 2.25. The lowest BCUT2D eigenvalue weighted by molar-refractivity contribution is -0.136. The van der Waals surface area contributed by atoms with Gasteiger partial charge in [-0.15, -0.1) is 0 Å². The average Bonchev–Trinajstić information content (AvgIpc) is 2.25. The molecule has 0 saturated heterocycles. The van der Waals surface area contributed by atoms with Gasteiger partial charge in [0.1, 0.15) is 6.54 Å². The standard InChI is InChI=1S/C13H18F3NO2S/c1-10(2)8-17(9-13(14,15)16)20(18,19)12-7-5-4-6-11(12)3/h4-7,10H,8-9H2,1-3H3. The first-order chi connectivity index (χ1) is 9.04. The summed E-state index contributed by atoms with van der Waals surface area (Å²) in [4.78, 5) is -0.0788. The second kappa shape index (κ2) is 6.13. The van der Waals surface area contributed by atoms with Gasteiger partial charge in [-0.25, -0.2) is 8.42 Å². The molecule has 1 rings (SSSR count). The van der Waals surface area contributed by atoms with Crippen LogP contribution in [0.3, 0.4) is 0 Å². The smallest absolute Gasteiger partial charge is 0.207 e. The molecular formula is C13H18F3NO2S. The molecule has 1 aromatic carbocycles. The zero-order valence-corrected chi connectivity index (χ0v) is 12.4. The Bertz CT molecular complexity index is 553. The zero-order chi connectivity index (χ0) is 15.6. The topological polar surface area (TPSA) is 37.4 Å². The van der Waals surface area contributed by atoms with Gasteiger partial charge in [0.05, 0.1) is 4.90 Å². The van der Waals surface area contributed by atoms with Crippen molar-refractivity contribution in [2.75, 3.05) is 13.1 Å². The molecule has 0 saturated carbocycles. The first-order valence-electron chi connectivity index (χ1n) is 6.16. The quantitative estimate of drug-likeness (QED) is 0.837. The highest BCUT2D eigenvalue weighted by Gasteiger charge is 2.37. The summed E-state index contributed by atoms with van der Waals surface area (Å²) < 4.78 is 63.1. The molecular weight excluding hydrogens is 291 g/mol. The summed E-state index contributed by atoms with van der Waals surface area (Å²) >= 11 is 0. The summed E-state index contributed by atoms with van der Waals surface area (Å²) in [5.41, 5.74) is 0.434. The van der Waals surface area contributed by atoms with Crippen molar-refractivity contribution in [3.8, 4) is 0 Å². The van der Waals surface area contributed by atoms with E-state index < -0.39 is 22.7 Å². The Labute approximate surface area is 117 Å². The van der Waals surface area contributed by atoms with Crippen LogP contribution in [-0.2, 0) is 10.0 Å². The molecule has 0 aliphatic heterocycles. The van der Waals surface area contributed by atoms with Crippen molar-refractivity contribution in [3.63, 3.8) is 0 Å². The van der Waals surface area contributed by atoms with Crippen LogP contribution in [0.2, 0.25) is 0 Å². The maximum Gasteiger partial charge on any atom is 0.402 e. The fourth-order valence-corrected chi connectivity index (χ4v) is 3.65. The highest BCUT2D eigenvalue weighted by atomic mass is 32.2. The van der Waals surface area contributed by atoms with E-state index in [1.54, 1.807) is 32.9 Å². The summed E-state index contributed by atoms with van der Waals surface area (Å²) in [6.45, 7) is 3.28. The number of sulfonamides is 1. The van der Waals surface area contributed by atoms with E-state index in [1.165, 1.54) is 12.1 Å². The van der Waals surface area contributed by atoms with Crippen LogP contribution in [0.1, 0.15) is 19.4 Å². The van der Waals surface area contributed by atoms with Gasteiger partial charge in [0, 0.05) is 6.54 Å². The highest BCUT2D eigenvalue weighted by molar-refractivity contribution is 7.89. The Hall–Kier alpha value is -1.08. The molecule has 0 spiro atoms. The molecule has 7 heteroatoms. The summed E-state index contributed by atoms with van der Waals surface area (Å²) in [5.74, 6) is -0.198. The third kappa shape index (κ3) is 4.49. The molecule has 0 N–H and O–H groups in total.